The van der Waals surface area contributed by atoms with Gasteiger partial charge in [0.2, 0.25) is 0 Å². The van der Waals surface area contributed by atoms with Crippen LogP contribution >= 0.6 is 11.6 Å². The number of benzene rings is 1. The van der Waals surface area contributed by atoms with Crippen molar-refractivity contribution in [1.29, 1.82) is 0 Å². The van der Waals surface area contributed by atoms with Crippen molar-refractivity contribution in [3.63, 3.8) is 0 Å². The molecular formula is C15H24ClN3. The highest BCUT2D eigenvalue weighted by atomic mass is 35.5. The molecule has 1 fully saturated rings. The van der Waals surface area contributed by atoms with Crippen LogP contribution in [0.3, 0.4) is 0 Å². The van der Waals surface area contributed by atoms with Crippen molar-refractivity contribution in [2.75, 3.05) is 37.6 Å². The third-order valence-corrected chi connectivity index (χ3v) is 4.23. The molecule has 0 saturated carbocycles. The Kier molecular flexibility index (Phi) is 5.08. The molecule has 0 aromatic heterocycles. The van der Waals surface area contributed by atoms with Crippen molar-refractivity contribution in [1.82, 2.24) is 4.90 Å². The van der Waals surface area contributed by atoms with Crippen LogP contribution in [0.4, 0.5) is 5.69 Å². The van der Waals surface area contributed by atoms with E-state index in [1.165, 1.54) is 11.3 Å². The normalized spacial score (nSPS) is 17.2. The topological polar surface area (TPSA) is 32.5 Å². The Bertz CT molecular complexity index is 412. The maximum atomic E-state index is 6.31. The molecule has 0 unspecified atom stereocenters. The molecule has 19 heavy (non-hydrogen) atoms. The highest BCUT2D eigenvalue weighted by Crippen LogP contribution is 2.28. The second-order valence-electron chi connectivity index (χ2n) is 5.39. The Morgan fingerprint density at radius 1 is 1.21 bits per heavy atom. The Morgan fingerprint density at radius 3 is 2.47 bits per heavy atom. The molecule has 2 rings (SSSR count). The molecule has 1 aromatic carbocycles. The van der Waals surface area contributed by atoms with E-state index in [4.69, 9.17) is 17.3 Å². The summed E-state index contributed by atoms with van der Waals surface area (Å²) in [6, 6.07) is 6.79. The average molecular weight is 282 g/mol. The first-order valence-corrected chi connectivity index (χ1v) is 7.47. The molecule has 4 heteroatoms. The molecule has 1 saturated heterocycles. The van der Waals surface area contributed by atoms with Gasteiger partial charge >= 0.3 is 0 Å². The van der Waals surface area contributed by atoms with Crippen LogP contribution in [0, 0.1) is 0 Å². The molecule has 0 amide bonds. The van der Waals surface area contributed by atoms with Crippen molar-refractivity contribution in [3.8, 4) is 0 Å². The quantitative estimate of drug-likeness (QED) is 0.920. The van der Waals surface area contributed by atoms with E-state index in [0.29, 0.717) is 12.6 Å². The number of halogens is 1. The van der Waals surface area contributed by atoms with Gasteiger partial charge in [0, 0.05) is 42.9 Å². The average Bonchev–Trinajstić information content (AvgIpc) is 2.41. The molecule has 1 aliphatic rings. The van der Waals surface area contributed by atoms with Gasteiger partial charge in [0.1, 0.15) is 0 Å². The maximum absolute atomic E-state index is 6.31. The third kappa shape index (κ3) is 3.41. The number of hydrogen-bond donors (Lipinski definition) is 1. The molecule has 106 valence electrons. The van der Waals surface area contributed by atoms with Crippen molar-refractivity contribution in [2.45, 2.75) is 26.3 Å². The van der Waals surface area contributed by atoms with Crippen LogP contribution in [0.1, 0.15) is 19.4 Å². The standard InChI is InChI=1S/C15H24ClN3/c1-12(2)18-8-10-19(11-9-18)15-5-3-4-14(16)13(15)6-7-17/h3-5,12H,6-11,17H2,1-2H3. The summed E-state index contributed by atoms with van der Waals surface area (Å²) in [7, 11) is 0. The Balaban J connectivity index is 2.13. The van der Waals surface area contributed by atoms with Crippen LogP contribution in [0.2, 0.25) is 5.02 Å². The maximum Gasteiger partial charge on any atom is 0.0459 e. The van der Waals surface area contributed by atoms with Gasteiger partial charge in [-0.2, -0.15) is 0 Å². The zero-order valence-corrected chi connectivity index (χ0v) is 12.7. The van der Waals surface area contributed by atoms with Crippen LogP contribution in [0.15, 0.2) is 18.2 Å². The minimum Gasteiger partial charge on any atom is -0.369 e. The first kappa shape index (κ1) is 14.6. The van der Waals surface area contributed by atoms with Gasteiger partial charge in [-0.1, -0.05) is 17.7 Å². The molecule has 3 nitrogen and oxygen atoms in total. The van der Waals surface area contributed by atoms with E-state index in [0.717, 1.165) is 37.6 Å². The predicted octanol–water partition coefficient (Wildman–Crippen LogP) is 2.37. The zero-order valence-electron chi connectivity index (χ0n) is 11.9. The number of nitrogens with two attached hydrogens (primary N) is 1. The van der Waals surface area contributed by atoms with E-state index >= 15 is 0 Å². The van der Waals surface area contributed by atoms with Gasteiger partial charge < -0.3 is 10.6 Å². The zero-order chi connectivity index (χ0) is 13.8. The lowest BCUT2D eigenvalue weighted by atomic mass is 10.1. The summed E-state index contributed by atoms with van der Waals surface area (Å²) in [5.74, 6) is 0. The van der Waals surface area contributed by atoms with Gasteiger partial charge in [-0.15, -0.1) is 0 Å². The van der Waals surface area contributed by atoms with E-state index in [2.05, 4.69) is 29.7 Å². The van der Waals surface area contributed by atoms with Crippen molar-refractivity contribution >= 4 is 17.3 Å². The molecule has 0 spiro atoms. The van der Waals surface area contributed by atoms with Crippen LogP contribution in [-0.2, 0) is 6.42 Å². The minimum absolute atomic E-state index is 0.630. The third-order valence-electron chi connectivity index (χ3n) is 3.87. The Hall–Kier alpha value is -0.770. The minimum atomic E-state index is 0.630. The Labute approximate surface area is 121 Å². The second kappa shape index (κ2) is 6.60. The van der Waals surface area contributed by atoms with E-state index < -0.39 is 0 Å². The predicted molar refractivity (Wildman–Crippen MR) is 83.1 cm³/mol. The molecule has 1 aliphatic heterocycles. The van der Waals surface area contributed by atoms with Crippen LogP contribution < -0.4 is 10.6 Å². The lowest BCUT2D eigenvalue weighted by Gasteiger charge is -2.39. The summed E-state index contributed by atoms with van der Waals surface area (Å²) in [6.45, 7) is 9.52. The molecule has 1 aromatic rings. The molecule has 0 radical (unpaired) electrons. The summed E-state index contributed by atoms with van der Waals surface area (Å²) in [5, 5.41) is 0.842. The van der Waals surface area contributed by atoms with Crippen LogP contribution in [0.25, 0.3) is 0 Å². The number of rotatable bonds is 4. The largest absolute Gasteiger partial charge is 0.369 e. The molecular weight excluding hydrogens is 258 g/mol. The number of nitrogens with zero attached hydrogens (tertiary/aromatic N) is 2. The van der Waals surface area contributed by atoms with Gasteiger partial charge in [0.05, 0.1) is 0 Å². The van der Waals surface area contributed by atoms with Crippen LogP contribution in [0.5, 0.6) is 0 Å². The SMILES string of the molecule is CC(C)N1CCN(c2cccc(Cl)c2CCN)CC1. The monoisotopic (exact) mass is 281 g/mol. The summed E-state index contributed by atoms with van der Waals surface area (Å²) < 4.78 is 0. The molecule has 1 heterocycles. The first-order chi connectivity index (χ1) is 9.13. The van der Waals surface area contributed by atoms with E-state index in [1.807, 2.05) is 12.1 Å². The second-order valence-corrected chi connectivity index (χ2v) is 5.80. The Morgan fingerprint density at radius 2 is 1.89 bits per heavy atom. The fraction of sp³-hybridized carbons (Fsp3) is 0.600. The van der Waals surface area contributed by atoms with Gasteiger partial charge in [0.15, 0.2) is 0 Å². The van der Waals surface area contributed by atoms with Gasteiger partial charge in [-0.3, -0.25) is 4.90 Å². The van der Waals surface area contributed by atoms with E-state index in [1.54, 1.807) is 0 Å². The van der Waals surface area contributed by atoms with Crippen molar-refractivity contribution < 1.29 is 0 Å². The lowest BCUT2D eigenvalue weighted by molar-refractivity contribution is 0.209. The van der Waals surface area contributed by atoms with E-state index in [9.17, 15) is 0 Å². The summed E-state index contributed by atoms with van der Waals surface area (Å²) >= 11 is 6.31. The summed E-state index contributed by atoms with van der Waals surface area (Å²) in [5.41, 5.74) is 8.17. The number of anilines is 1. The lowest BCUT2D eigenvalue weighted by Crippen LogP contribution is -2.49. The molecule has 0 bridgehead atoms. The van der Waals surface area contributed by atoms with Crippen LogP contribution in [-0.4, -0.2) is 43.7 Å². The molecule has 0 atom stereocenters. The summed E-state index contributed by atoms with van der Waals surface area (Å²) in [6.07, 6.45) is 0.847. The van der Waals surface area contributed by atoms with Gasteiger partial charge in [-0.25, -0.2) is 0 Å². The number of hydrogen-bond acceptors (Lipinski definition) is 3. The highest BCUT2D eigenvalue weighted by molar-refractivity contribution is 6.31. The summed E-state index contributed by atoms with van der Waals surface area (Å²) in [4.78, 5) is 4.96. The number of piperazine rings is 1. The van der Waals surface area contributed by atoms with E-state index in [-0.39, 0.29) is 0 Å². The van der Waals surface area contributed by atoms with Gasteiger partial charge in [0.25, 0.3) is 0 Å². The van der Waals surface area contributed by atoms with Crippen molar-refractivity contribution in [2.24, 2.45) is 5.73 Å². The van der Waals surface area contributed by atoms with Crippen molar-refractivity contribution in [3.05, 3.63) is 28.8 Å². The fourth-order valence-corrected chi connectivity index (χ4v) is 2.98. The highest BCUT2D eigenvalue weighted by Gasteiger charge is 2.21. The first-order valence-electron chi connectivity index (χ1n) is 7.10. The smallest absolute Gasteiger partial charge is 0.0459 e. The van der Waals surface area contributed by atoms with Gasteiger partial charge in [-0.05, 0) is 44.5 Å². The molecule has 0 aliphatic carbocycles. The molecule has 2 N–H and O–H groups in total. The fourth-order valence-electron chi connectivity index (χ4n) is 2.71.